The first-order chi connectivity index (χ1) is 19.3. The molecule has 0 atom stereocenters. The van der Waals surface area contributed by atoms with Crippen molar-refractivity contribution in [3.8, 4) is 5.75 Å². The number of amides is 2. The summed E-state index contributed by atoms with van der Waals surface area (Å²) in [6.07, 6.45) is 9.78. The Kier molecular flexibility index (Phi) is 10.2. The zero-order valence-corrected chi connectivity index (χ0v) is 23.8. The zero-order chi connectivity index (χ0) is 28.5. The van der Waals surface area contributed by atoms with Crippen molar-refractivity contribution < 1.29 is 32.3 Å². The van der Waals surface area contributed by atoms with Gasteiger partial charge in [0.25, 0.3) is 21.8 Å². The van der Waals surface area contributed by atoms with E-state index in [-0.39, 0.29) is 53.5 Å². The van der Waals surface area contributed by atoms with Gasteiger partial charge in [0, 0.05) is 13.0 Å². The lowest BCUT2D eigenvalue weighted by molar-refractivity contribution is -0.143. The fraction of sp³-hybridized carbons (Fsp3) is 0.500. The number of rotatable bonds is 14. The predicted octanol–water partition coefficient (Wildman–Crippen LogP) is 5.56. The molecule has 9 nitrogen and oxygen atoms in total. The number of fused-ring (bicyclic) bond motifs is 1. The minimum atomic E-state index is -3.97. The number of hydrogen-bond donors (Lipinski definition) is 1. The molecule has 0 unspecified atom stereocenters. The van der Waals surface area contributed by atoms with Gasteiger partial charge in [0.1, 0.15) is 5.75 Å². The number of imide groups is 1. The van der Waals surface area contributed by atoms with Crippen molar-refractivity contribution in [3.63, 3.8) is 0 Å². The van der Waals surface area contributed by atoms with Crippen molar-refractivity contribution in [2.45, 2.75) is 76.0 Å². The number of carbonyl (C=O) groups is 3. The molecular weight excluding hydrogens is 532 g/mol. The van der Waals surface area contributed by atoms with Crippen LogP contribution in [0.25, 0.3) is 0 Å². The van der Waals surface area contributed by atoms with Crippen molar-refractivity contribution in [1.82, 2.24) is 4.90 Å². The van der Waals surface area contributed by atoms with Gasteiger partial charge in [-0.2, -0.15) is 0 Å². The number of unbranched alkanes of at least 4 members (excludes halogenated alkanes) is 1. The average molecular weight is 571 g/mol. The molecule has 2 aromatic rings. The van der Waals surface area contributed by atoms with Crippen LogP contribution >= 0.6 is 0 Å². The number of carbonyl (C=O) groups excluding carboxylic acids is 3. The molecule has 0 aromatic heterocycles. The van der Waals surface area contributed by atoms with Gasteiger partial charge < -0.3 is 9.47 Å². The quantitative estimate of drug-likeness (QED) is 0.180. The van der Waals surface area contributed by atoms with Gasteiger partial charge in [-0.05, 0) is 56.4 Å². The first kappa shape index (κ1) is 29.6. The first-order valence-electron chi connectivity index (χ1n) is 14.2. The van der Waals surface area contributed by atoms with Crippen LogP contribution in [0.2, 0.25) is 0 Å². The molecule has 40 heavy (non-hydrogen) atoms. The molecule has 1 N–H and O–H groups in total. The average Bonchev–Trinajstić information content (AvgIpc) is 3.18. The molecule has 0 bridgehead atoms. The predicted molar refractivity (Wildman–Crippen MR) is 151 cm³/mol. The molecule has 0 saturated heterocycles. The second-order valence-corrected chi connectivity index (χ2v) is 12.0. The Morgan fingerprint density at radius 1 is 0.975 bits per heavy atom. The van der Waals surface area contributed by atoms with Crippen molar-refractivity contribution in [3.05, 3.63) is 53.6 Å². The molecule has 10 heteroatoms. The normalized spacial score (nSPS) is 15.7. The van der Waals surface area contributed by atoms with Gasteiger partial charge >= 0.3 is 5.97 Å². The van der Waals surface area contributed by atoms with Gasteiger partial charge in [0.2, 0.25) is 0 Å². The molecule has 1 aliphatic heterocycles. The molecule has 0 radical (unpaired) electrons. The Balaban J connectivity index is 1.49. The van der Waals surface area contributed by atoms with Gasteiger partial charge in [-0.1, -0.05) is 56.7 Å². The highest BCUT2D eigenvalue weighted by atomic mass is 32.2. The van der Waals surface area contributed by atoms with Crippen molar-refractivity contribution in [1.29, 1.82) is 0 Å². The number of ether oxygens (including phenoxy) is 2. The summed E-state index contributed by atoms with van der Waals surface area (Å²) >= 11 is 0. The number of sulfonamides is 1. The highest BCUT2D eigenvalue weighted by Gasteiger charge is 2.37. The molecule has 4 rings (SSSR count). The van der Waals surface area contributed by atoms with Crippen LogP contribution in [0, 0.1) is 5.92 Å². The Bertz CT molecular complexity index is 1300. The van der Waals surface area contributed by atoms with E-state index in [0.717, 1.165) is 30.1 Å². The number of benzene rings is 2. The van der Waals surface area contributed by atoms with E-state index in [1.807, 2.05) is 0 Å². The SMILES string of the molecule is CCOC(=O)CCCN1C(=O)c2cc(NS(=O)(=O)c3ccccc3)c(OCCCCC3CCCCC3)cc2C1=O. The molecule has 1 fully saturated rings. The number of nitrogens with zero attached hydrogens (tertiary/aromatic N) is 1. The molecule has 2 aliphatic rings. The van der Waals surface area contributed by atoms with Crippen LogP contribution in [0.4, 0.5) is 5.69 Å². The van der Waals surface area contributed by atoms with Gasteiger partial charge in [-0.25, -0.2) is 8.42 Å². The molecule has 1 aliphatic carbocycles. The van der Waals surface area contributed by atoms with Gasteiger partial charge in [-0.3, -0.25) is 24.0 Å². The smallest absolute Gasteiger partial charge is 0.305 e. The third-order valence-corrected chi connectivity index (χ3v) is 8.81. The van der Waals surface area contributed by atoms with E-state index in [0.29, 0.717) is 6.61 Å². The standard InChI is InChI=1S/C30H38N2O7S/c1-2-38-28(33)17-11-18-32-29(34)24-20-26(31-40(36,37)23-15-7-4-8-16-23)27(21-25(24)30(32)35)39-19-10-9-14-22-12-5-3-6-13-22/h4,7-8,15-16,20-22,31H,2-3,5-6,9-14,17-19H2,1H3. The minimum absolute atomic E-state index is 0.0492. The number of anilines is 1. The second kappa shape index (κ2) is 13.8. The number of nitrogens with one attached hydrogen (secondary N) is 1. The second-order valence-electron chi connectivity index (χ2n) is 10.3. The van der Waals surface area contributed by atoms with Crippen LogP contribution in [0.15, 0.2) is 47.4 Å². The topological polar surface area (TPSA) is 119 Å². The van der Waals surface area contributed by atoms with Crippen LogP contribution in [0.1, 0.15) is 91.8 Å². The monoisotopic (exact) mass is 570 g/mol. The molecule has 1 heterocycles. The zero-order valence-electron chi connectivity index (χ0n) is 23.0. The fourth-order valence-electron chi connectivity index (χ4n) is 5.33. The van der Waals surface area contributed by atoms with Crippen LogP contribution in [0.5, 0.6) is 5.75 Å². The van der Waals surface area contributed by atoms with E-state index in [2.05, 4.69) is 4.72 Å². The molecular formula is C30H38N2O7S. The maximum Gasteiger partial charge on any atom is 0.305 e. The van der Waals surface area contributed by atoms with E-state index in [1.165, 1.54) is 56.4 Å². The molecule has 2 amide bonds. The highest BCUT2D eigenvalue weighted by Crippen LogP contribution is 2.35. The molecule has 1 saturated carbocycles. The lowest BCUT2D eigenvalue weighted by atomic mass is 9.86. The summed E-state index contributed by atoms with van der Waals surface area (Å²) in [5, 5.41) is 0. The van der Waals surface area contributed by atoms with Crippen molar-refractivity contribution >= 4 is 33.5 Å². The molecule has 2 aromatic carbocycles. The molecule has 0 spiro atoms. The lowest BCUT2D eigenvalue weighted by Gasteiger charge is -2.21. The highest BCUT2D eigenvalue weighted by molar-refractivity contribution is 7.92. The van der Waals surface area contributed by atoms with Crippen LogP contribution in [0.3, 0.4) is 0 Å². The van der Waals surface area contributed by atoms with E-state index >= 15 is 0 Å². The van der Waals surface area contributed by atoms with Gasteiger partial charge in [0.15, 0.2) is 0 Å². The lowest BCUT2D eigenvalue weighted by Crippen LogP contribution is -2.31. The third-order valence-electron chi connectivity index (χ3n) is 7.43. The van der Waals surface area contributed by atoms with Crippen LogP contribution in [-0.2, 0) is 19.6 Å². The summed E-state index contributed by atoms with van der Waals surface area (Å²) < 4.78 is 39.7. The third kappa shape index (κ3) is 7.41. The van der Waals surface area contributed by atoms with Crippen molar-refractivity contribution in [2.24, 2.45) is 5.92 Å². The summed E-state index contributed by atoms with van der Waals surface area (Å²) in [5.74, 6) is -0.465. The van der Waals surface area contributed by atoms with E-state index in [9.17, 15) is 22.8 Å². The van der Waals surface area contributed by atoms with E-state index in [1.54, 1.807) is 25.1 Å². The van der Waals surface area contributed by atoms with E-state index < -0.39 is 27.8 Å². The Labute approximate surface area is 236 Å². The van der Waals surface area contributed by atoms with Gasteiger partial charge in [0.05, 0.1) is 34.9 Å². The largest absolute Gasteiger partial charge is 0.491 e. The van der Waals surface area contributed by atoms with Gasteiger partial charge in [-0.15, -0.1) is 0 Å². The Morgan fingerprint density at radius 2 is 1.68 bits per heavy atom. The fourth-order valence-corrected chi connectivity index (χ4v) is 6.41. The first-order valence-corrected chi connectivity index (χ1v) is 15.7. The maximum atomic E-state index is 13.1. The summed E-state index contributed by atoms with van der Waals surface area (Å²) in [7, 11) is -3.97. The Morgan fingerprint density at radius 3 is 2.38 bits per heavy atom. The van der Waals surface area contributed by atoms with E-state index in [4.69, 9.17) is 9.47 Å². The summed E-state index contributed by atoms with van der Waals surface area (Å²) in [5.41, 5.74) is 0.349. The summed E-state index contributed by atoms with van der Waals surface area (Å²) in [4.78, 5) is 39.1. The number of esters is 1. The number of hydrogen-bond acceptors (Lipinski definition) is 7. The Hall–Kier alpha value is -3.40. The van der Waals surface area contributed by atoms with Crippen LogP contribution in [-0.4, -0.2) is 50.9 Å². The summed E-state index contributed by atoms with van der Waals surface area (Å²) in [6.45, 7) is 2.38. The summed E-state index contributed by atoms with van der Waals surface area (Å²) in [6, 6.07) is 10.7. The van der Waals surface area contributed by atoms with Crippen LogP contribution < -0.4 is 9.46 Å². The maximum absolute atomic E-state index is 13.1. The minimum Gasteiger partial charge on any atom is -0.491 e. The van der Waals surface area contributed by atoms with Crippen molar-refractivity contribution in [2.75, 3.05) is 24.5 Å². The molecule has 216 valence electrons.